The second kappa shape index (κ2) is 14.4. The molecule has 0 aromatic carbocycles. The molecule has 23 nitrogen and oxygen atoms in total. The Morgan fingerprint density at radius 3 is 2.56 bits per heavy atom. The molecule has 1 saturated heterocycles. The Hall–Kier alpha value is -5.66. The molecule has 270 valence electrons. The molecule has 4 rings (SSSR count). The van der Waals surface area contributed by atoms with Gasteiger partial charge in [-0.3, -0.25) is 23.9 Å². The van der Waals surface area contributed by atoms with Gasteiger partial charge in [0.25, 0.3) is 11.8 Å². The molecular formula is C25H30N10O13S2. The number of oxime groups is 1. The Kier molecular flexibility index (Phi) is 10.7. The number of nitrogen functional groups attached to an aromatic ring is 1. The van der Waals surface area contributed by atoms with Gasteiger partial charge in [0.15, 0.2) is 22.4 Å². The van der Waals surface area contributed by atoms with Crippen LogP contribution in [0, 0.1) is 0 Å². The van der Waals surface area contributed by atoms with Crippen LogP contribution in [0.5, 0.6) is 5.75 Å². The fraction of sp³-hybridized carbons (Fsp3) is 0.400. The third-order valence-electron chi connectivity index (χ3n) is 6.66. The van der Waals surface area contributed by atoms with Gasteiger partial charge in [-0.15, -0.1) is 16.4 Å². The zero-order valence-corrected chi connectivity index (χ0v) is 27.8. The number of hydrogen-bond donors (Lipinski definition) is 7. The highest BCUT2D eigenvalue weighted by molar-refractivity contribution is 7.88. The number of aliphatic hydroxyl groups excluding tert-OH is 1. The summed E-state index contributed by atoms with van der Waals surface area (Å²) in [6, 6.07) is -2.12. The summed E-state index contributed by atoms with van der Waals surface area (Å²) in [5.74, 6) is -4.76. The number of hydrogen-bond acceptors (Lipinski definition) is 17. The van der Waals surface area contributed by atoms with Crippen LogP contribution in [-0.2, 0) is 40.7 Å². The monoisotopic (exact) mass is 742 g/mol. The van der Waals surface area contributed by atoms with Crippen LogP contribution in [-0.4, -0.2) is 119 Å². The Bertz CT molecular complexity index is 2080. The van der Waals surface area contributed by atoms with Crippen LogP contribution in [0.1, 0.15) is 26.5 Å². The number of β-lactam (4-membered cyclic amide) rings is 1. The SMILES string of the molecule is CCOCC(O)Cn1c(-c2cc(=O)c(O)c[nH]2)nn(S(=O)(=O)NC(=O)N2C[C@H](NC(=O)/C(=N\OC(C)(C)C(=O)O)c3csc(N)n3)C2=O)c1=O. The second-order valence-corrected chi connectivity index (χ2v) is 13.2. The molecule has 3 aromatic rings. The number of carbonyl (C=O) groups is 4. The summed E-state index contributed by atoms with van der Waals surface area (Å²) in [4.78, 5) is 87.0. The molecular weight excluding hydrogens is 712 g/mol. The molecule has 3 aromatic heterocycles. The van der Waals surface area contributed by atoms with Gasteiger partial charge in [-0.2, -0.15) is 8.42 Å². The summed E-state index contributed by atoms with van der Waals surface area (Å²) in [5, 5.41) is 40.1. The number of ether oxygens (including phenoxy) is 1. The average Bonchev–Trinajstić information content (AvgIpc) is 3.61. The van der Waals surface area contributed by atoms with E-state index in [0.717, 1.165) is 37.4 Å². The van der Waals surface area contributed by atoms with Crippen LogP contribution in [0.2, 0.25) is 0 Å². The third-order valence-corrected chi connectivity index (χ3v) is 8.46. The lowest BCUT2D eigenvalue weighted by Gasteiger charge is -2.36. The first kappa shape index (κ1) is 37.2. The van der Waals surface area contributed by atoms with E-state index in [1.807, 2.05) is 0 Å². The fourth-order valence-electron chi connectivity index (χ4n) is 3.96. The third kappa shape index (κ3) is 7.96. The number of carboxylic acid groups (broad SMARTS) is 1. The number of amides is 4. The van der Waals surface area contributed by atoms with Gasteiger partial charge < -0.3 is 40.9 Å². The van der Waals surface area contributed by atoms with E-state index >= 15 is 0 Å². The Labute approximate surface area is 284 Å². The molecule has 8 N–H and O–H groups in total. The molecule has 50 heavy (non-hydrogen) atoms. The lowest BCUT2D eigenvalue weighted by atomic mass is 10.1. The number of aliphatic carboxylic acids is 1. The maximum atomic E-state index is 13.2. The molecule has 0 saturated carbocycles. The normalized spacial score (nSPS) is 15.7. The first-order valence-corrected chi connectivity index (χ1v) is 16.5. The summed E-state index contributed by atoms with van der Waals surface area (Å²) in [6.45, 7) is 2.75. The Morgan fingerprint density at radius 1 is 1.28 bits per heavy atom. The number of nitrogens with zero attached hydrogens (tertiary/aromatic N) is 6. The van der Waals surface area contributed by atoms with E-state index in [0.29, 0.717) is 9.47 Å². The predicted octanol–water partition coefficient (Wildman–Crippen LogP) is -3.04. The molecule has 4 heterocycles. The minimum Gasteiger partial charge on any atom is -0.503 e. The fourth-order valence-corrected chi connectivity index (χ4v) is 5.41. The number of aromatic hydroxyl groups is 1. The van der Waals surface area contributed by atoms with Gasteiger partial charge in [0.05, 0.1) is 31.5 Å². The number of thiazole rings is 1. The number of aromatic nitrogens is 5. The number of urea groups is 1. The zero-order valence-electron chi connectivity index (χ0n) is 26.2. The van der Waals surface area contributed by atoms with Crippen LogP contribution >= 0.6 is 11.3 Å². The highest BCUT2D eigenvalue weighted by Gasteiger charge is 2.44. The van der Waals surface area contributed by atoms with Gasteiger partial charge in [0, 0.05) is 24.3 Å². The van der Waals surface area contributed by atoms with Crippen LogP contribution < -0.4 is 26.9 Å². The lowest BCUT2D eigenvalue weighted by Crippen LogP contribution is -2.68. The average molecular weight is 743 g/mol. The quantitative estimate of drug-likeness (QED) is 0.0490. The molecule has 25 heteroatoms. The number of aromatic amines is 1. The van der Waals surface area contributed by atoms with E-state index in [9.17, 15) is 52.5 Å². The molecule has 0 bridgehead atoms. The molecule has 0 radical (unpaired) electrons. The maximum Gasteiger partial charge on any atom is 0.362 e. The van der Waals surface area contributed by atoms with Crippen LogP contribution in [0.4, 0.5) is 9.93 Å². The van der Waals surface area contributed by atoms with E-state index in [-0.39, 0.29) is 33.8 Å². The van der Waals surface area contributed by atoms with Gasteiger partial charge in [0.1, 0.15) is 11.7 Å². The van der Waals surface area contributed by atoms with Gasteiger partial charge >= 0.3 is 27.9 Å². The maximum absolute atomic E-state index is 13.2. The van der Waals surface area contributed by atoms with Crippen molar-refractivity contribution in [1.82, 2.24) is 38.7 Å². The van der Waals surface area contributed by atoms with Gasteiger partial charge in [-0.1, -0.05) is 9.24 Å². The molecule has 1 aliphatic heterocycles. The van der Waals surface area contributed by atoms with Crippen molar-refractivity contribution >= 4 is 56.2 Å². The van der Waals surface area contributed by atoms with Crippen molar-refractivity contribution in [3.63, 3.8) is 0 Å². The molecule has 1 fully saturated rings. The number of likely N-dealkylation sites (tertiary alicyclic amines) is 1. The van der Waals surface area contributed by atoms with Crippen molar-refractivity contribution in [2.24, 2.45) is 5.16 Å². The van der Waals surface area contributed by atoms with Crippen molar-refractivity contribution in [3.05, 3.63) is 44.0 Å². The molecule has 2 atom stereocenters. The summed E-state index contributed by atoms with van der Waals surface area (Å²) < 4.78 is 33.5. The number of carbonyl (C=O) groups excluding carboxylic acids is 3. The largest absolute Gasteiger partial charge is 0.503 e. The van der Waals surface area contributed by atoms with Crippen molar-refractivity contribution in [2.45, 2.75) is 45.1 Å². The number of carboxylic acids is 1. The van der Waals surface area contributed by atoms with Gasteiger partial charge in [-0.25, -0.2) is 24.1 Å². The molecule has 1 unspecified atom stereocenters. The highest BCUT2D eigenvalue weighted by atomic mass is 32.2. The molecule has 0 aliphatic carbocycles. The smallest absolute Gasteiger partial charge is 0.362 e. The summed E-state index contributed by atoms with van der Waals surface area (Å²) >= 11 is 0.920. The van der Waals surface area contributed by atoms with Crippen LogP contribution in [0.25, 0.3) is 11.5 Å². The van der Waals surface area contributed by atoms with E-state index in [1.54, 1.807) is 6.92 Å². The number of nitrogens with one attached hydrogen (secondary N) is 3. The molecule has 0 spiro atoms. The van der Waals surface area contributed by atoms with Crippen molar-refractivity contribution in [2.75, 3.05) is 25.5 Å². The van der Waals surface area contributed by atoms with Crippen molar-refractivity contribution < 1.29 is 52.5 Å². The zero-order chi connectivity index (χ0) is 37.1. The van der Waals surface area contributed by atoms with Crippen LogP contribution in [0.15, 0.2) is 32.4 Å². The number of nitrogens with two attached hydrogens (primary N) is 1. The topological polar surface area (TPSA) is 333 Å². The Morgan fingerprint density at radius 2 is 1.98 bits per heavy atom. The predicted molar refractivity (Wildman–Crippen MR) is 169 cm³/mol. The first-order valence-electron chi connectivity index (χ1n) is 14.1. The first-order chi connectivity index (χ1) is 23.4. The Balaban J connectivity index is 1.52. The van der Waals surface area contributed by atoms with Crippen molar-refractivity contribution in [3.8, 4) is 17.3 Å². The number of imide groups is 1. The number of pyridine rings is 1. The van der Waals surface area contributed by atoms with Crippen LogP contribution in [0.3, 0.4) is 0 Å². The highest BCUT2D eigenvalue weighted by Crippen LogP contribution is 2.18. The van der Waals surface area contributed by atoms with E-state index in [1.165, 1.54) is 10.1 Å². The minimum atomic E-state index is -5.20. The number of H-pyrrole nitrogens is 1. The number of rotatable bonds is 14. The lowest BCUT2D eigenvalue weighted by molar-refractivity contribution is -0.161. The standard InChI is InChI=1S/C25H30N10O13S2/c1-4-47-9-11(36)7-33-18(12-5-15(37)16(38)6-27-12)30-35(24(33)44)50(45,46)32-23(43)34-8-13(20(34)40)28-19(39)17(14-10-49-22(26)29-14)31-48-25(2,3)21(41)42/h5-6,10-11,13,36,38H,4,7-9H2,1-3H3,(H2,26,29)(H,27,37)(H,28,39)(H,32,43)(H,41,42)/b31-17-/t11?,13-/m0/s1. The number of anilines is 1. The summed E-state index contributed by atoms with van der Waals surface area (Å²) in [5.41, 5.74) is 0.509. The summed E-state index contributed by atoms with van der Waals surface area (Å²) in [6.07, 6.45) is -0.502. The molecule has 4 amide bonds. The summed E-state index contributed by atoms with van der Waals surface area (Å²) in [7, 11) is -5.20. The van der Waals surface area contributed by atoms with E-state index < -0.39 is 93.3 Å². The molecule has 1 aliphatic rings. The van der Waals surface area contributed by atoms with E-state index in [4.69, 9.17) is 15.3 Å². The second-order valence-electron chi connectivity index (χ2n) is 10.8. The minimum absolute atomic E-state index is 0.0240. The number of aliphatic hydroxyl groups is 1. The van der Waals surface area contributed by atoms with Gasteiger partial charge in [0.2, 0.25) is 11.0 Å². The van der Waals surface area contributed by atoms with Crippen molar-refractivity contribution in [1.29, 1.82) is 0 Å². The van der Waals surface area contributed by atoms with E-state index in [2.05, 4.69) is 25.5 Å². The van der Waals surface area contributed by atoms with Gasteiger partial charge in [-0.05, 0) is 20.8 Å².